The van der Waals surface area contributed by atoms with Gasteiger partial charge in [0.05, 0.1) is 30.9 Å². The first-order chi connectivity index (χ1) is 16.3. The second-order valence-electron chi connectivity index (χ2n) is 9.36. The lowest BCUT2D eigenvalue weighted by Gasteiger charge is -2.27. The predicted octanol–water partition coefficient (Wildman–Crippen LogP) is 5.14. The van der Waals surface area contributed by atoms with Crippen molar-refractivity contribution < 1.29 is 27.8 Å². The standard InChI is InChI=1S/C25H30F2N4O4/c1-15(29-22(32)25(5,26)27)21(16-7-10-19(34-6)11-8-16)31-20-12-9-18(13-17(20)14-28-31)30-23(33)35-24(2,3)4/h7-15,21H,1-6H3,(H,29,32)(H,30,33)/t15-,21+/m1/s1. The molecule has 0 fully saturated rings. The molecular weight excluding hydrogens is 458 g/mol. The van der Waals surface area contributed by atoms with Gasteiger partial charge in [-0.1, -0.05) is 12.1 Å². The summed E-state index contributed by atoms with van der Waals surface area (Å²) in [5.41, 5.74) is 1.30. The van der Waals surface area contributed by atoms with Crippen LogP contribution >= 0.6 is 0 Å². The number of anilines is 1. The Bertz CT molecular complexity index is 1200. The van der Waals surface area contributed by atoms with E-state index < -0.39 is 35.6 Å². The summed E-state index contributed by atoms with van der Waals surface area (Å²) in [6.07, 6.45) is 1.02. The summed E-state index contributed by atoms with van der Waals surface area (Å²) in [6, 6.07) is 10.9. The molecule has 8 nitrogen and oxygen atoms in total. The molecule has 3 rings (SSSR count). The average molecular weight is 489 g/mol. The van der Waals surface area contributed by atoms with Crippen molar-refractivity contribution in [2.75, 3.05) is 12.4 Å². The van der Waals surface area contributed by atoms with Crippen LogP contribution in [0.5, 0.6) is 5.75 Å². The quantitative estimate of drug-likeness (QED) is 0.480. The first kappa shape index (κ1) is 25.9. The number of carbonyl (C=O) groups excluding carboxylic acids is 2. The second kappa shape index (κ2) is 9.89. The lowest BCUT2D eigenvalue weighted by molar-refractivity contribution is -0.143. The largest absolute Gasteiger partial charge is 0.497 e. The summed E-state index contributed by atoms with van der Waals surface area (Å²) in [4.78, 5) is 24.1. The fourth-order valence-electron chi connectivity index (χ4n) is 3.63. The molecule has 2 N–H and O–H groups in total. The molecule has 1 aromatic heterocycles. The number of rotatable bonds is 7. The minimum absolute atomic E-state index is 0.513. The molecule has 10 heteroatoms. The van der Waals surface area contributed by atoms with Gasteiger partial charge in [0.15, 0.2) is 0 Å². The maximum atomic E-state index is 13.6. The number of alkyl halides is 2. The third-order valence-electron chi connectivity index (χ3n) is 5.19. The van der Waals surface area contributed by atoms with Gasteiger partial charge in [0.25, 0.3) is 5.91 Å². The summed E-state index contributed by atoms with van der Waals surface area (Å²) in [5.74, 6) is -4.26. The molecule has 0 unspecified atom stereocenters. The van der Waals surface area contributed by atoms with Crippen LogP contribution in [0.3, 0.4) is 0 Å². The Kier molecular flexibility index (Phi) is 7.33. The first-order valence-electron chi connectivity index (χ1n) is 11.1. The fourth-order valence-corrected chi connectivity index (χ4v) is 3.63. The Balaban J connectivity index is 1.97. The third kappa shape index (κ3) is 6.46. The van der Waals surface area contributed by atoms with Crippen LogP contribution in [0.4, 0.5) is 19.3 Å². The summed E-state index contributed by atoms with van der Waals surface area (Å²) in [6.45, 7) is 7.51. The van der Waals surface area contributed by atoms with Crippen LogP contribution in [0.2, 0.25) is 0 Å². The highest BCUT2D eigenvalue weighted by Gasteiger charge is 2.35. The molecule has 0 radical (unpaired) electrons. The zero-order valence-corrected chi connectivity index (χ0v) is 20.6. The lowest BCUT2D eigenvalue weighted by Crippen LogP contribution is -2.46. The van der Waals surface area contributed by atoms with E-state index in [1.54, 1.807) is 88.1 Å². The van der Waals surface area contributed by atoms with E-state index >= 15 is 0 Å². The van der Waals surface area contributed by atoms with Crippen molar-refractivity contribution in [3.05, 3.63) is 54.2 Å². The molecule has 0 saturated carbocycles. The van der Waals surface area contributed by atoms with E-state index in [0.717, 1.165) is 5.56 Å². The van der Waals surface area contributed by atoms with Gasteiger partial charge < -0.3 is 14.8 Å². The van der Waals surface area contributed by atoms with Gasteiger partial charge in [-0.3, -0.25) is 14.8 Å². The molecule has 0 aliphatic rings. The van der Waals surface area contributed by atoms with Crippen molar-refractivity contribution in [3.8, 4) is 5.75 Å². The number of fused-ring (bicyclic) bond motifs is 1. The van der Waals surface area contributed by atoms with Crippen molar-refractivity contribution >= 4 is 28.6 Å². The van der Waals surface area contributed by atoms with Gasteiger partial charge in [-0.15, -0.1) is 0 Å². The molecular formula is C25H30F2N4O4. The molecule has 0 saturated heterocycles. The van der Waals surface area contributed by atoms with Crippen LogP contribution in [0.1, 0.15) is 46.2 Å². The van der Waals surface area contributed by atoms with Gasteiger partial charge in [-0.25, -0.2) is 4.79 Å². The Morgan fingerprint density at radius 3 is 2.29 bits per heavy atom. The highest BCUT2D eigenvalue weighted by molar-refractivity contribution is 5.90. The Morgan fingerprint density at radius 2 is 1.71 bits per heavy atom. The second-order valence-corrected chi connectivity index (χ2v) is 9.36. The Hall–Kier alpha value is -3.69. The zero-order valence-electron chi connectivity index (χ0n) is 20.6. The number of carbonyl (C=O) groups is 2. The minimum Gasteiger partial charge on any atom is -0.497 e. The number of aromatic nitrogens is 2. The topological polar surface area (TPSA) is 94.5 Å². The van der Waals surface area contributed by atoms with E-state index in [4.69, 9.17) is 9.47 Å². The number of benzene rings is 2. The number of nitrogens with zero attached hydrogens (tertiary/aromatic N) is 2. The van der Waals surface area contributed by atoms with E-state index in [9.17, 15) is 18.4 Å². The molecule has 0 aliphatic heterocycles. The number of hydrogen-bond donors (Lipinski definition) is 2. The minimum atomic E-state index is -3.52. The van der Waals surface area contributed by atoms with E-state index in [1.807, 2.05) is 0 Å². The molecule has 188 valence electrons. The van der Waals surface area contributed by atoms with Crippen LogP contribution in [0.15, 0.2) is 48.7 Å². The number of nitrogens with one attached hydrogen (secondary N) is 2. The van der Waals surface area contributed by atoms with Gasteiger partial charge in [0.2, 0.25) is 0 Å². The number of ether oxygens (including phenoxy) is 2. The van der Waals surface area contributed by atoms with E-state index in [-0.39, 0.29) is 0 Å². The van der Waals surface area contributed by atoms with E-state index in [1.165, 1.54) is 0 Å². The number of hydrogen-bond acceptors (Lipinski definition) is 5. The number of halogens is 2. The fraction of sp³-hybridized carbons (Fsp3) is 0.400. The molecule has 35 heavy (non-hydrogen) atoms. The van der Waals surface area contributed by atoms with Gasteiger partial charge in [0, 0.05) is 18.0 Å². The van der Waals surface area contributed by atoms with E-state index in [0.29, 0.717) is 29.3 Å². The maximum absolute atomic E-state index is 13.6. The summed E-state index contributed by atoms with van der Waals surface area (Å²) < 4.78 is 39.3. The van der Waals surface area contributed by atoms with Crippen molar-refractivity contribution in [2.24, 2.45) is 0 Å². The predicted molar refractivity (Wildman–Crippen MR) is 129 cm³/mol. The molecule has 2 aromatic carbocycles. The highest BCUT2D eigenvalue weighted by Crippen LogP contribution is 2.30. The van der Waals surface area contributed by atoms with Crippen molar-refractivity contribution in [2.45, 2.75) is 58.2 Å². The van der Waals surface area contributed by atoms with E-state index in [2.05, 4.69) is 15.7 Å². The molecule has 0 bridgehead atoms. The zero-order chi connectivity index (χ0) is 26.0. The number of methoxy groups -OCH3 is 1. The van der Waals surface area contributed by atoms with Crippen LogP contribution in [-0.4, -0.2) is 46.5 Å². The summed E-state index contributed by atoms with van der Waals surface area (Å²) in [7, 11) is 1.54. The number of amides is 2. The van der Waals surface area contributed by atoms with Gasteiger partial charge in [0.1, 0.15) is 11.4 Å². The summed E-state index contributed by atoms with van der Waals surface area (Å²) >= 11 is 0. The van der Waals surface area contributed by atoms with Gasteiger partial charge >= 0.3 is 12.0 Å². The average Bonchev–Trinajstić information content (AvgIpc) is 3.15. The highest BCUT2D eigenvalue weighted by atomic mass is 19.3. The van der Waals surface area contributed by atoms with Crippen LogP contribution in [0.25, 0.3) is 10.9 Å². The lowest BCUT2D eigenvalue weighted by atomic mass is 9.99. The molecule has 0 aliphatic carbocycles. The molecule has 2 atom stereocenters. The normalized spacial score (nSPS) is 13.7. The van der Waals surface area contributed by atoms with Crippen LogP contribution in [0, 0.1) is 0 Å². The third-order valence-corrected chi connectivity index (χ3v) is 5.19. The SMILES string of the molecule is COc1ccc([C@H]([C@@H](C)NC(=O)C(C)(F)F)n2ncc3cc(NC(=O)OC(C)(C)C)ccc32)cc1. The maximum Gasteiger partial charge on any atom is 0.412 e. The van der Waals surface area contributed by atoms with Crippen molar-refractivity contribution in [1.29, 1.82) is 0 Å². The van der Waals surface area contributed by atoms with Gasteiger partial charge in [-0.05, 0) is 63.6 Å². The van der Waals surface area contributed by atoms with Crippen molar-refractivity contribution in [1.82, 2.24) is 15.1 Å². The molecule has 1 heterocycles. The Morgan fingerprint density at radius 1 is 1.06 bits per heavy atom. The molecule has 2 amide bonds. The molecule has 3 aromatic rings. The monoisotopic (exact) mass is 488 g/mol. The summed E-state index contributed by atoms with van der Waals surface area (Å²) in [5, 5.41) is 10.3. The van der Waals surface area contributed by atoms with Crippen LogP contribution in [-0.2, 0) is 9.53 Å². The van der Waals surface area contributed by atoms with Gasteiger partial charge in [-0.2, -0.15) is 13.9 Å². The van der Waals surface area contributed by atoms with Crippen molar-refractivity contribution in [3.63, 3.8) is 0 Å². The smallest absolute Gasteiger partial charge is 0.412 e. The van der Waals surface area contributed by atoms with Crippen LogP contribution < -0.4 is 15.4 Å². The Labute approximate surface area is 202 Å². The molecule has 0 spiro atoms. The first-order valence-corrected chi connectivity index (χ1v) is 11.1.